The Bertz CT molecular complexity index is 874. The Labute approximate surface area is 126 Å². The quantitative estimate of drug-likeness (QED) is 0.744. The van der Waals surface area contributed by atoms with Crippen molar-refractivity contribution >= 4 is 5.65 Å². The van der Waals surface area contributed by atoms with Gasteiger partial charge in [0.25, 0.3) is 5.56 Å². The van der Waals surface area contributed by atoms with E-state index in [-0.39, 0.29) is 11.4 Å². The molecule has 0 fully saturated rings. The van der Waals surface area contributed by atoms with Gasteiger partial charge >= 0.3 is 0 Å². The summed E-state index contributed by atoms with van der Waals surface area (Å²) in [6.07, 6.45) is 3.77. The highest BCUT2D eigenvalue weighted by Crippen LogP contribution is 2.20. The molecular formula is C17H15FN2O2. The number of aromatic nitrogens is 2. The van der Waals surface area contributed by atoms with Crippen LogP contribution < -0.4 is 5.56 Å². The summed E-state index contributed by atoms with van der Waals surface area (Å²) < 4.78 is 19.8. The molecule has 0 saturated carbocycles. The third-order valence-corrected chi connectivity index (χ3v) is 3.51. The first kappa shape index (κ1) is 14.4. The number of nitrogens with zero attached hydrogens (tertiary/aromatic N) is 2. The van der Waals surface area contributed by atoms with Gasteiger partial charge in [-0.3, -0.25) is 9.20 Å². The third kappa shape index (κ3) is 2.76. The van der Waals surface area contributed by atoms with Crippen LogP contribution in [0.1, 0.15) is 5.56 Å². The van der Waals surface area contributed by atoms with Gasteiger partial charge in [-0.25, -0.2) is 9.37 Å². The van der Waals surface area contributed by atoms with Gasteiger partial charge in [0, 0.05) is 31.5 Å². The van der Waals surface area contributed by atoms with Crippen LogP contribution in [0.15, 0.2) is 53.6 Å². The number of fused-ring (bicyclic) bond motifs is 1. The van der Waals surface area contributed by atoms with Crippen molar-refractivity contribution < 1.29 is 9.13 Å². The number of rotatable bonds is 4. The molecule has 0 amide bonds. The average Bonchev–Trinajstić information content (AvgIpc) is 2.54. The van der Waals surface area contributed by atoms with Crippen LogP contribution in [0.4, 0.5) is 4.39 Å². The number of halogens is 1. The number of ether oxygens (including phenoxy) is 1. The molecule has 2 aromatic heterocycles. The Kier molecular flexibility index (Phi) is 3.98. The van der Waals surface area contributed by atoms with Crippen LogP contribution >= 0.6 is 0 Å². The molecule has 0 aliphatic heterocycles. The third-order valence-electron chi connectivity index (χ3n) is 3.51. The molecular weight excluding hydrogens is 283 g/mol. The lowest BCUT2D eigenvalue weighted by atomic mass is 10.1. The van der Waals surface area contributed by atoms with Crippen LogP contribution in [0.5, 0.6) is 0 Å². The highest BCUT2D eigenvalue weighted by molar-refractivity contribution is 5.67. The summed E-state index contributed by atoms with van der Waals surface area (Å²) in [5, 5.41) is 0. The minimum atomic E-state index is -0.294. The van der Waals surface area contributed by atoms with Crippen LogP contribution in [0.25, 0.3) is 16.8 Å². The minimum absolute atomic E-state index is 0.104. The Morgan fingerprint density at radius 3 is 2.82 bits per heavy atom. The second-order valence-corrected chi connectivity index (χ2v) is 4.99. The molecule has 112 valence electrons. The van der Waals surface area contributed by atoms with E-state index in [9.17, 15) is 9.18 Å². The largest absolute Gasteiger partial charge is 0.384 e. The van der Waals surface area contributed by atoms with Gasteiger partial charge in [-0.2, -0.15) is 0 Å². The molecule has 3 rings (SSSR count). The highest BCUT2D eigenvalue weighted by Gasteiger charge is 2.07. The number of pyridine rings is 1. The first-order valence-corrected chi connectivity index (χ1v) is 6.94. The summed E-state index contributed by atoms with van der Waals surface area (Å²) in [5.74, 6) is -0.294. The predicted octanol–water partition coefficient (Wildman–Crippen LogP) is 2.69. The SMILES string of the molecule is COCCc1cnc2cc(-c3cccc(F)c3)ccn2c1=O. The molecule has 3 aromatic rings. The number of methoxy groups -OCH3 is 1. The Balaban J connectivity index is 2.06. The summed E-state index contributed by atoms with van der Waals surface area (Å²) in [7, 11) is 1.59. The van der Waals surface area contributed by atoms with E-state index in [0.29, 0.717) is 24.2 Å². The van der Waals surface area contributed by atoms with Gasteiger partial charge in [0.15, 0.2) is 0 Å². The monoisotopic (exact) mass is 298 g/mol. The summed E-state index contributed by atoms with van der Waals surface area (Å²) >= 11 is 0. The van der Waals surface area contributed by atoms with Crippen molar-refractivity contribution in [2.24, 2.45) is 0 Å². The molecule has 0 bridgehead atoms. The molecule has 5 heteroatoms. The van der Waals surface area contributed by atoms with Crippen molar-refractivity contribution in [3.05, 3.63) is 70.5 Å². The van der Waals surface area contributed by atoms with Crippen LogP contribution in [0.2, 0.25) is 0 Å². The second kappa shape index (κ2) is 6.07. The molecule has 1 aromatic carbocycles. The number of benzene rings is 1. The van der Waals surface area contributed by atoms with Crippen LogP contribution in [-0.2, 0) is 11.2 Å². The number of hydrogen-bond acceptors (Lipinski definition) is 3. The predicted molar refractivity (Wildman–Crippen MR) is 82.4 cm³/mol. The van der Waals surface area contributed by atoms with Gasteiger partial charge in [0.1, 0.15) is 11.5 Å². The molecule has 0 N–H and O–H groups in total. The van der Waals surface area contributed by atoms with Crippen molar-refractivity contribution in [2.45, 2.75) is 6.42 Å². The van der Waals surface area contributed by atoms with Crippen molar-refractivity contribution in [1.29, 1.82) is 0 Å². The van der Waals surface area contributed by atoms with E-state index in [4.69, 9.17) is 4.74 Å². The van der Waals surface area contributed by atoms with Gasteiger partial charge in [0.05, 0.1) is 6.61 Å². The van der Waals surface area contributed by atoms with Gasteiger partial charge < -0.3 is 4.74 Å². The fraction of sp³-hybridized carbons (Fsp3) is 0.176. The Hall–Kier alpha value is -2.53. The molecule has 0 aliphatic carbocycles. The topological polar surface area (TPSA) is 43.6 Å². The first-order chi connectivity index (χ1) is 10.7. The summed E-state index contributed by atoms with van der Waals surface area (Å²) in [6, 6.07) is 9.88. The summed E-state index contributed by atoms with van der Waals surface area (Å²) in [6.45, 7) is 0.477. The normalized spacial score (nSPS) is 11.0. The van der Waals surface area contributed by atoms with Crippen LogP contribution in [0, 0.1) is 5.82 Å². The van der Waals surface area contributed by atoms with E-state index in [1.165, 1.54) is 16.5 Å². The zero-order valence-corrected chi connectivity index (χ0v) is 12.1. The van der Waals surface area contributed by atoms with Crippen LogP contribution in [0.3, 0.4) is 0 Å². The van der Waals surface area contributed by atoms with Crippen molar-refractivity contribution in [3.63, 3.8) is 0 Å². The second-order valence-electron chi connectivity index (χ2n) is 4.99. The van der Waals surface area contributed by atoms with Crippen molar-refractivity contribution in [1.82, 2.24) is 9.38 Å². The lowest BCUT2D eigenvalue weighted by Gasteiger charge is -2.07. The average molecular weight is 298 g/mol. The zero-order valence-electron chi connectivity index (χ0n) is 12.1. The van der Waals surface area contributed by atoms with Gasteiger partial charge in [-0.05, 0) is 35.4 Å². The summed E-state index contributed by atoms with van der Waals surface area (Å²) in [5.41, 5.74) is 2.61. The van der Waals surface area contributed by atoms with Gasteiger partial charge in [-0.1, -0.05) is 12.1 Å². The van der Waals surface area contributed by atoms with E-state index in [1.54, 1.807) is 37.7 Å². The molecule has 0 atom stereocenters. The minimum Gasteiger partial charge on any atom is -0.384 e. The maximum atomic E-state index is 13.3. The van der Waals surface area contributed by atoms with E-state index < -0.39 is 0 Å². The molecule has 0 aliphatic rings. The smallest absolute Gasteiger partial charge is 0.261 e. The first-order valence-electron chi connectivity index (χ1n) is 6.94. The summed E-state index contributed by atoms with van der Waals surface area (Å²) in [4.78, 5) is 16.7. The molecule has 0 spiro atoms. The van der Waals surface area contributed by atoms with Crippen molar-refractivity contribution in [2.75, 3.05) is 13.7 Å². The molecule has 0 saturated heterocycles. The van der Waals surface area contributed by atoms with E-state index in [0.717, 1.165) is 11.1 Å². The highest BCUT2D eigenvalue weighted by atomic mass is 19.1. The molecule has 0 unspecified atom stereocenters. The van der Waals surface area contributed by atoms with Gasteiger partial charge in [0.2, 0.25) is 0 Å². The molecule has 4 nitrogen and oxygen atoms in total. The van der Waals surface area contributed by atoms with Gasteiger partial charge in [-0.15, -0.1) is 0 Å². The fourth-order valence-corrected chi connectivity index (χ4v) is 2.34. The standard InChI is InChI=1S/C17H15FN2O2/c1-22-8-6-14-11-19-16-10-13(5-7-20(16)17(14)21)12-3-2-4-15(18)9-12/h2-5,7,9-11H,6,8H2,1H3. The maximum Gasteiger partial charge on any atom is 0.261 e. The fourth-order valence-electron chi connectivity index (χ4n) is 2.34. The van der Waals surface area contributed by atoms with Crippen LogP contribution in [-0.4, -0.2) is 23.1 Å². The number of hydrogen-bond donors (Lipinski definition) is 0. The lowest BCUT2D eigenvalue weighted by Crippen LogP contribution is -2.20. The Morgan fingerprint density at radius 1 is 1.23 bits per heavy atom. The lowest BCUT2D eigenvalue weighted by molar-refractivity contribution is 0.202. The van der Waals surface area contributed by atoms with Crippen molar-refractivity contribution in [3.8, 4) is 11.1 Å². The Morgan fingerprint density at radius 2 is 2.05 bits per heavy atom. The zero-order chi connectivity index (χ0) is 15.5. The van der Waals surface area contributed by atoms with E-state index >= 15 is 0 Å². The molecule has 0 radical (unpaired) electrons. The maximum absolute atomic E-state index is 13.3. The van der Waals surface area contributed by atoms with E-state index in [2.05, 4.69) is 4.98 Å². The van der Waals surface area contributed by atoms with E-state index in [1.807, 2.05) is 6.07 Å². The molecule has 22 heavy (non-hydrogen) atoms. The molecule has 2 heterocycles.